The van der Waals surface area contributed by atoms with Gasteiger partial charge in [0.05, 0.1) is 6.61 Å². The van der Waals surface area contributed by atoms with Gasteiger partial charge in [0, 0.05) is 29.2 Å². The maximum absolute atomic E-state index is 13.2. The number of esters is 1. The van der Waals surface area contributed by atoms with Crippen LogP contribution in [0.5, 0.6) is 5.75 Å². The minimum Gasteiger partial charge on any atom is -0.504 e. The fourth-order valence-electron chi connectivity index (χ4n) is 2.86. The molecule has 0 unspecified atom stereocenters. The first-order chi connectivity index (χ1) is 14.1. The van der Waals surface area contributed by atoms with E-state index in [1.807, 2.05) is 6.07 Å². The van der Waals surface area contributed by atoms with Crippen molar-refractivity contribution in [2.24, 2.45) is 4.99 Å². The van der Waals surface area contributed by atoms with Gasteiger partial charge in [-0.05, 0) is 49.4 Å². The predicted molar refractivity (Wildman–Crippen MR) is 106 cm³/mol. The second-order valence-corrected chi connectivity index (χ2v) is 6.10. The van der Waals surface area contributed by atoms with Crippen molar-refractivity contribution in [3.8, 4) is 5.75 Å². The minimum atomic E-state index is -0.745. The average Bonchev–Trinajstić information content (AvgIpc) is 3.25. The molecule has 0 atom stereocenters. The Labute approximate surface area is 165 Å². The van der Waals surface area contributed by atoms with E-state index in [-0.39, 0.29) is 29.6 Å². The van der Waals surface area contributed by atoms with E-state index in [0.717, 1.165) is 5.56 Å². The number of allylic oxidation sites excluding steroid dienone is 1. The number of furan rings is 1. The summed E-state index contributed by atoms with van der Waals surface area (Å²) in [5.74, 6) is -0.921. The molecule has 0 amide bonds. The number of ether oxygens (including phenoxy) is 1. The molecular weight excluding hydrogens is 377 g/mol. The van der Waals surface area contributed by atoms with Crippen molar-refractivity contribution in [2.45, 2.75) is 6.92 Å². The Morgan fingerprint density at radius 2 is 2.10 bits per heavy atom. The van der Waals surface area contributed by atoms with Gasteiger partial charge in [0.2, 0.25) is 5.88 Å². The first-order valence-electron chi connectivity index (χ1n) is 8.83. The zero-order valence-corrected chi connectivity index (χ0v) is 15.3. The summed E-state index contributed by atoms with van der Waals surface area (Å²) in [5.41, 5.74) is 1.76. The lowest BCUT2D eigenvalue weighted by Gasteiger charge is -2.05. The Bertz CT molecular complexity index is 1130. The van der Waals surface area contributed by atoms with Crippen LogP contribution in [0.25, 0.3) is 11.6 Å². The van der Waals surface area contributed by atoms with E-state index in [1.54, 1.807) is 31.5 Å². The quantitative estimate of drug-likeness (QED) is 0.610. The highest BCUT2D eigenvalue weighted by atomic mass is 19.1. The molecule has 8 heteroatoms. The summed E-state index contributed by atoms with van der Waals surface area (Å²) in [6, 6.07) is 9.09. The van der Waals surface area contributed by atoms with E-state index in [1.165, 1.54) is 24.3 Å². The van der Waals surface area contributed by atoms with E-state index in [2.05, 4.69) is 15.3 Å². The smallest absolute Gasteiger partial charge is 0.347 e. The van der Waals surface area contributed by atoms with Crippen LogP contribution in [0.1, 0.15) is 28.6 Å². The number of rotatable bonds is 5. The number of pyridine rings is 1. The van der Waals surface area contributed by atoms with Crippen LogP contribution in [-0.4, -0.2) is 28.9 Å². The summed E-state index contributed by atoms with van der Waals surface area (Å²) in [4.78, 5) is 20.7. The van der Waals surface area contributed by atoms with Crippen LogP contribution < -0.4 is 5.32 Å². The molecule has 1 aromatic carbocycles. The highest BCUT2D eigenvalue weighted by molar-refractivity contribution is 6.21. The third-order valence-electron chi connectivity index (χ3n) is 4.20. The number of hydrogen-bond acceptors (Lipinski definition) is 7. The third kappa shape index (κ3) is 3.60. The molecule has 0 bridgehead atoms. The number of aliphatic imine (C=N–C) groups is 1. The van der Waals surface area contributed by atoms with Crippen molar-refractivity contribution < 1.29 is 23.4 Å². The molecular formula is C21H16FN3O4. The van der Waals surface area contributed by atoms with Gasteiger partial charge in [0.25, 0.3) is 0 Å². The second kappa shape index (κ2) is 7.59. The van der Waals surface area contributed by atoms with E-state index >= 15 is 0 Å². The summed E-state index contributed by atoms with van der Waals surface area (Å²) >= 11 is 0. The molecule has 1 aliphatic heterocycles. The molecule has 2 N–H and O–H groups in total. The van der Waals surface area contributed by atoms with Gasteiger partial charge >= 0.3 is 5.97 Å². The van der Waals surface area contributed by atoms with Gasteiger partial charge in [-0.2, -0.15) is 0 Å². The molecule has 7 nitrogen and oxygen atoms in total. The Morgan fingerprint density at radius 1 is 1.31 bits per heavy atom. The van der Waals surface area contributed by atoms with Gasteiger partial charge in [-0.25, -0.2) is 19.2 Å². The number of carbonyl (C=O) groups is 1. The SMILES string of the molecule is CCOC(=O)c1c(Nc2ccc(F)cc2)oc(/C=C2\C=Nc3ncccc32)c1O. The summed E-state index contributed by atoms with van der Waals surface area (Å²) in [6.07, 6.45) is 4.79. The van der Waals surface area contributed by atoms with Crippen LogP contribution in [0.15, 0.2) is 52.0 Å². The van der Waals surface area contributed by atoms with Crippen LogP contribution in [0.2, 0.25) is 0 Å². The number of benzene rings is 1. The van der Waals surface area contributed by atoms with E-state index in [0.29, 0.717) is 17.1 Å². The van der Waals surface area contributed by atoms with Crippen molar-refractivity contribution in [3.05, 3.63) is 65.3 Å². The minimum absolute atomic E-state index is 0.0132. The largest absolute Gasteiger partial charge is 0.504 e. The predicted octanol–water partition coefficient (Wildman–Crippen LogP) is 4.70. The first-order valence-corrected chi connectivity index (χ1v) is 8.83. The molecule has 1 aliphatic rings. The van der Waals surface area contributed by atoms with Crippen molar-refractivity contribution in [3.63, 3.8) is 0 Å². The molecule has 2 aromatic heterocycles. The third-order valence-corrected chi connectivity index (χ3v) is 4.20. The molecule has 0 radical (unpaired) electrons. The maximum atomic E-state index is 13.2. The lowest BCUT2D eigenvalue weighted by Crippen LogP contribution is -2.06. The number of halogens is 1. The Kier molecular flexibility index (Phi) is 4.82. The van der Waals surface area contributed by atoms with Crippen LogP contribution >= 0.6 is 0 Å². The van der Waals surface area contributed by atoms with Crippen molar-refractivity contribution >= 4 is 41.2 Å². The van der Waals surface area contributed by atoms with Gasteiger partial charge in [0.15, 0.2) is 22.9 Å². The number of carbonyl (C=O) groups excluding carboxylic acids is 1. The van der Waals surface area contributed by atoms with Crippen LogP contribution in [0.3, 0.4) is 0 Å². The van der Waals surface area contributed by atoms with Crippen molar-refractivity contribution in [2.75, 3.05) is 11.9 Å². The normalized spacial score (nSPS) is 13.5. The van der Waals surface area contributed by atoms with E-state index < -0.39 is 11.8 Å². The van der Waals surface area contributed by atoms with Gasteiger partial charge in [-0.1, -0.05) is 0 Å². The van der Waals surface area contributed by atoms with Crippen LogP contribution in [-0.2, 0) is 4.74 Å². The number of nitrogens with zero attached hydrogens (tertiary/aromatic N) is 2. The number of hydrogen-bond donors (Lipinski definition) is 2. The number of nitrogens with one attached hydrogen (secondary N) is 1. The number of aromatic nitrogens is 1. The monoisotopic (exact) mass is 393 g/mol. The molecule has 3 heterocycles. The van der Waals surface area contributed by atoms with Crippen molar-refractivity contribution in [1.29, 1.82) is 0 Å². The summed E-state index contributed by atoms with van der Waals surface area (Å²) in [5, 5.41) is 13.5. The van der Waals surface area contributed by atoms with Crippen LogP contribution in [0.4, 0.5) is 21.8 Å². The highest BCUT2D eigenvalue weighted by Crippen LogP contribution is 2.39. The summed E-state index contributed by atoms with van der Waals surface area (Å²) in [7, 11) is 0. The average molecular weight is 393 g/mol. The number of aromatic hydroxyl groups is 1. The Balaban J connectivity index is 1.76. The fraction of sp³-hybridized carbons (Fsp3) is 0.0952. The molecule has 29 heavy (non-hydrogen) atoms. The standard InChI is InChI=1S/C21H16FN3O4/c1-2-28-21(27)17-18(26)16(10-12-11-24-19-15(12)4-3-9-23-19)29-20(17)25-14-7-5-13(22)6-8-14/h3-11,25-26H,2H2,1H3/b12-10+. The molecule has 0 saturated carbocycles. The highest BCUT2D eigenvalue weighted by Gasteiger charge is 2.27. The van der Waals surface area contributed by atoms with Gasteiger partial charge in [0.1, 0.15) is 5.82 Å². The lowest BCUT2D eigenvalue weighted by atomic mass is 10.1. The molecule has 146 valence electrons. The number of anilines is 2. The fourth-order valence-corrected chi connectivity index (χ4v) is 2.86. The molecule has 0 aliphatic carbocycles. The molecule has 0 saturated heterocycles. The van der Waals surface area contributed by atoms with Gasteiger partial charge < -0.3 is 19.6 Å². The first kappa shape index (κ1) is 18.4. The Morgan fingerprint density at radius 3 is 2.86 bits per heavy atom. The topological polar surface area (TPSA) is 97.0 Å². The second-order valence-electron chi connectivity index (χ2n) is 6.10. The Hall–Kier alpha value is -3.94. The molecule has 4 rings (SSSR count). The van der Waals surface area contributed by atoms with Gasteiger partial charge in [-0.15, -0.1) is 0 Å². The van der Waals surface area contributed by atoms with Gasteiger partial charge in [-0.3, -0.25) is 0 Å². The molecule has 3 aromatic rings. The maximum Gasteiger partial charge on any atom is 0.347 e. The van der Waals surface area contributed by atoms with E-state index in [4.69, 9.17) is 9.15 Å². The zero-order valence-electron chi connectivity index (χ0n) is 15.3. The molecule has 0 spiro atoms. The summed E-state index contributed by atoms with van der Waals surface area (Å²) < 4.78 is 23.9. The molecule has 0 fully saturated rings. The summed E-state index contributed by atoms with van der Waals surface area (Å²) in [6.45, 7) is 1.78. The zero-order chi connectivity index (χ0) is 20.4. The van der Waals surface area contributed by atoms with Crippen molar-refractivity contribution in [1.82, 2.24) is 4.98 Å². The lowest BCUT2D eigenvalue weighted by molar-refractivity contribution is 0.0524. The van der Waals surface area contributed by atoms with E-state index in [9.17, 15) is 14.3 Å². The van der Waals surface area contributed by atoms with Crippen LogP contribution in [0, 0.1) is 5.82 Å². The number of fused-ring (bicyclic) bond motifs is 1.